The Balaban J connectivity index is 1.61. The molecule has 3 heterocycles. The molecule has 0 saturated carbocycles. The number of carbonyl (C=O) groups excluding carboxylic acids is 1. The van der Waals surface area contributed by atoms with Crippen LogP contribution in [0.25, 0.3) is 10.9 Å². The summed E-state index contributed by atoms with van der Waals surface area (Å²) in [6, 6.07) is 9.62. The first-order chi connectivity index (χ1) is 11.7. The van der Waals surface area contributed by atoms with Crippen LogP contribution in [0.5, 0.6) is 0 Å². The van der Waals surface area contributed by atoms with Gasteiger partial charge in [0.15, 0.2) is 0 Å². The Morgan fingerprint density at radius 2 is 2.17 bits per heavy atom. The van der Waals surface area contributed by atoms with E-state index in [1.807, 2.05) is 41.4 Å². The average Bonchev–Trinajstić information content (AvgIpc) is 3.07. The number of thiazole rings is 1. The molecule has 1 aliphatic heterocycles. The van der Waals surface area contributed by atoms with Gasteiger partial charge in [-0.1, -0.05) is 12.1 Å². The molecule has 3 aromatic rings. The molecule has 122 valence electrons. The van der Waals surface area contributed by atoms with Gasteiger partial charge in [0, 0.05) is 47.2 Å². The quantitative estimate of drug-likeness (QED) is 0.709. The second kappa shape index (κ2) is 6.32. The first-order valence-corrected chi connectivity index (χ1v) is 9.09. The van der Waals surface area contributed by atoms with Crippen LogP contribution >= 0.6 is 11.3 Å². The van der Waals surface area contributed by atoms with Gasteiger partial charge in [0.05, 0.1) is 10.5 Å². The molecule has 4 nitrogen and oxygen atoms in total. The smallest absolute Gasteiger partial charge is 0.254 e. The molecule has 1 aliphatic rings. The molecule has 1 atom stereocenters. The van der Waals surface area contributed by atoms with Gasteiger partial charge >= 0.3 is 0 Å². The maximum atomic E-state index is 13.1. The molecule has 0 unspecified atom stereocenters. The third kappa shape index (κ3) is 2.80. The summed E-state index contributed by atoms with van der Waals surface area (Å²) in [6.07, 6.45) is 5.82. The van der Waals surface area contributed by atoms with Crippen LogP contribution in [0.2, 0.25) is 0 Å². The number of benzene rings is 1. The van der Waals surface area contributed by atoms with Crippen LogP contribution < -0.4 is 0 Å². The molecule has 1 saturated heterocycles. The number of hydrogen-bond acceptors (Lipinski definition) is 4. The predicted molar refractivity (Wildman–Crippen MR) is 96.5 cm³/mol. The zero-order valence-electron chi connectivity index (χ0n) is 13.6. The summed E-state index contributed by atoms with van der Waals surface area (Å²) in [5, 5.41) is 2.09. The number of carbonyl (C=O) groups is 1. The van der Waals surface area contributed by atoms with Crippen LogP contribution in [-0.2, 0) is 0 Å². The molecule has 1 amide bonds. The molecule has 0 radical (unpaired) electrons. The fourth-order valence-electron chi connectivity index (χ4n) is 3.38. The molecular weight excluding hydrogens is 318 g/mol. The lowest BCUT2D eigenvalue weighted by atomic mass is 9.97. The fraction of sp³-hybridized carbons (Fsp3) is 0.316. The lowest BCUT2D eigenvalue weighted by Gasteiger charge is -2.32. The number of piperidine rings is 1. The first kappa shape index (κ1) is 15.3. The zero-order valence-corrected chi connectivity index (χ0v) is 14.4. The van der Waals surface area contributed by atoms with Gasteiger partial charge < -0.3 is 4.90 Å². The Labute approximate surface area is 145 Å². The summed E-state index contributed by atoms with van der Waals surface area (Å²) in [4.78, 5) is 25.2. The summed E-state index contributed by atoms with van der Waals surface area (Å²) in [7, 11) is 0. The van der Waals surface area contributed by atoms with Crippen LogP contribution in [0.4, 0.5) is 0 Å². The summed E-state index contributed by atoms with van der Waals surface area (Å²) in [5.41, 5.74) is 1.61. The van der Waals surface area contributed by atoms with Gasteiger partial charge in [0.2, 0.25) is 0 Å². The van der Waals surface area contributed by atoms with Crippen LogP contribution in [0, 0.1) is 6.92 Å². The number of fused-ring (bicyclic) bond motifs is 1. The number of amides is 1. The maximum Gasteiger partial charge on any atom is 0.254 e. The Bertz CT molecular complexity index is 884. The lowest BCUT2D eigenvalue weighted by molar-refractivity contribution is 0.0709. The van der Waals surface area contributed by atoms with Gasteiger partial charge in [0.1, 0.15) is 0 Å². The molecule has 0 bridgehead atoms. The molecule has 0 spiro atoms. The minimum absolute atomic E-state index is 0.103. The van der Waals surface area contributed by atoms with Gasteiger partial charge in [-0.3, -0.25) is 9.78 Å². The highest BCUT2D eigenvalue weighted by Crippen LogP contribution is 2.31. The zero-order chi connectivity index (χ0) is 16.5. The van der Waals surface area contributed by atoms with Crippen LogP contribution in [0.1, 0.15) is 39.0 Å². The second-order valence-corrected chi connectivity index (χ2v) is 7.54. The van der Waals surface area contributed by atoms with Gasteiger partial charge in [-0.05, 0) is 38.0 Å². The topological polar surface area (TPSA) is 46.1 Å². The highest BCUT2D eigenvalue weighted by Gasteiger charge is 2.27. The molecule has 5 heteroatoms. The fourth-order valence-corrected chi connectivity index (χ4v) is 4.28. The molecular formula is C19H19N3OS. The summed E-state index contributed by atoms with van der Waals surface area (Å²) in [6.45, 7) is 3.65. The summed E-state index contributed by atoms with van der Waals surface area (Å²) >= 11 is 1.75. The van der Waals surface area contributed by atoms with E-state index < -0.39 is 0 Å². The van der Waals surface area contributed by atoms with Crippen molar-refractivity contribution in [2.75, 3.05) is 13.1 Å². The first-order valence-electron chi connectivity index (χ1n) is 8.28. The van der Waals surface area contributed by atoms with Crippen molar-refractivity contribution >= 4 is 28.1 Å². The predicted octanol–water partition coefficient (Wildman–Crippen LogP) is 4.02. The number of rotatable bonds is 2. The van der Waals surface area contributed by atoms with Crippen molar-refractivity contribution in [2.45, 2.75) is 25.7 Å². The van der Waals surface area contributed by atoms with Crippen LogP contribution in [-0.4, -0.2) is 33.9 Å². The number of hydrogen-bond donors (Lipinski definition) is 0. The maximum absolute atomic E-state index is 13.1. The van der Waals surface area contributed by atoms with Crippen molar-refractivity contribution in [3.8, 4) is 0 Å². The summed E-state index contributed by atoms with van der Waals surface area (Å²) < 4.78 is 0. The minimum atomic E-state index is 0.103. The molecule has 0 aliphatic carbocycles. The normalized spacial score (nSPS) is 18.0. The van der Waals surface area contributed by atoms with Crippen molar-refractivity contribution < 1.29 is 4.79 Å². The average molecular weight is 337 g/mol. The SMILES string of the molecule is Cc1cnc([C@@H]2CCCN(C(=O)c3cccc4ncccc34)C2)s1. The second-order valence-electron chi connectivity index (χ2n) is 6.28. The number of aromatic nitrogens is 2. The molecule has 1 aromatic carbocycles. The largest absolute Gasteiger partial charge is 0.338 e. The molecule has 0 N–H and O–H groups in total. The van der Waals surface area contributed by atoms with E-state index in [-0.39, 0.29) is 5.91 Å². The third-order valence-corrected chi connectivity index (χ3v) is 5.65. The number of likely N-dealkylation sites (tertiary alicyclic amines) is 1. The highest BCUT2D eigenvalue weighted by molar-refractivity contribution is 7.11. The van der Waals surface area contributed by atoms with Crippen molar-refractivity contribution in [2.24, 2.45) is 0 Å². The van der Waals surface area contributed by atoms with Gasteiger partial charge in [-0.2, -0.15) is 0 Å². The third-order valence-electron chi connectivity index (χ3n) is 4.57. The summed E-state index contributed by atoms with van der Waals surface area (Å²) in [5.74, 6) is 0.459. The minimum Gasteiger partial charge on any atom is -0.338 e. The Morgan fingerprint density at radius 3 is 3.00 bits per heavy atom. The van der Waals surface area contributed by atoms with Crippen LogP contribution in [0.15, 0.2) is 42.7 Å². The van der Waals surface area contributed by atoms with Crippen molar-refractivity contribution in [1.29, 1.82) is 0 Å². The Kier molecular flexibility index (Phi) is 4.02. The standard InChI is InChI=1S/C19H19N3OS/c1-13-11-21-18(24-13)14-5-4-10-22(12-14)19(23)16-6-2-8-17-15(16)7-3-9-20-17/h2-3,6-9,11,14H,4-5,10,12H2,1H3/t14-/m1/s1. The molecule has 24 heavy (non-hydrogen) atoms. The van der Waals surface area contributed by atoms with E-state index in [0.29, 0.717) is 5.92 Å². The lowest BCUT2D eigenvalue weighted by Crippen LogP contribution is -2.39. The molecule has 2 aromatic heterocycles. The molecule has 4 rings (SSSR count). The van der Waals surface area contributed by atoms with E-state index >= 15 is 0 Å². The van der Waals surface area contributed by atoms with Crippen LogP contribution in [0.3, 0.4) is 0 Å². The Hall–Kier alpha value is -2.27. The highest BCUT2D eigenvalue weighted by atomic mass is 32.1. The van der Waals surface area contributed by atoms with Gasteiger partial charge in [-0.15, -0.1) is 11.3 Å². The van der Waals surface area contributed by atoms with Crippen molar-refractivity contribution in [3.63, 3.8) is 0 Å². The number of nitrogens with zero attached hydrogens (tertiary/aromatic N) is 3. The van der Waals surface area contributed by atoms with Gasteiger partial charge in [0.25, 0.3) is 5.91 Å². The van der Waals surface area contributed by atoms with E-state index in [1.165, 1.54) is 4.88 Å². The Morgan fingerprint density at radius 1 is 1.25 bits per heavy atom. The van der Waals surface area contributed by atoms with E-state index in [1.54, 1.807) is 17.5 Å². The van der Waals surface area contributed by atoms with Crippen molar-refractivity contribution in [3.05, 3.63) is 58.2 Å². The van der Waals surface area contributed by atoms with E-state index in [4.69, 9.17) is 0 Å². The van der Waals surface area contributed by atoms with Crippen molar-refractivity contribution in [1.82, 2.24) is 14.9 Å². The van der Waals surface area contributed by atoms with E-state index in [0.717, 1.165) is 47.4 Å². The monoisotopic (exact) mass is 337 g/mol. The molecule has 1 fully saturated rings. The number of pyridine rings is 1. The van der Waals surface area contributed by atoms with E-state index in [9.17, 15) is 4.79 Å². The van der Waals surface area contributed by atoms with E-state index in [2.05, 4.69) is 16.9 Å². The van der Waals surface area contributed by atoms with Gasteiger partial charge in [-0.25, -0.2) is 4.98 Å². The number of aryl methyl sites for hydroxylation is 1.